The Kier molecular flexibility index (Phi) is 3.92. The van der Waals surface area contributed by atoms with Crippen LogP contribution in [0.25, 0.3) is 0 Å². The minimum Gasteiger partial charge on any atom is -0.490 e. The van der Waals surface area contributed by atoms with E-state index < -0.39 is 8.07 Å². The van der Waals surface area contributed by atoms with E-state index in [9.17, 15) is 0 Å². The summed E-state index contributed by atoms with van der Waals surface area (Å²) in [6.07, 6.45) is 4.43. The van der Waals surface area contributed by atoms with Gasteiger partial charge in [0.1, 0.15) is 19.9 Å². The molecular weight excluding hydrogens is 346 g/mol. The Morgan fingerprint density at radius 3 is 2.43 bits per heavy atom. The van der Waals surface area contributed by atoms with Crippen molar-refractivity contribution in [3.8, 4) is 5.75 Å². The second kappa shape index (κ2) is 5.57. The number of rotatable bonds is 4. The van der Waals surface area contributed by atoms with Crippen molar-refractivity contribution >= 4 is 29.3 Å². The fourth-order valence-corrected chi connectivity index (χ4v) is 3.48. The van der Waals surface area contributed by atoms with Crippen molar-refractivity contribution in [2.24, 2.45) is 0 Å². The van der Waals surface area contributed by atoms with Gasteiger partial charge in [-0.1, -0.05) is 40.8 Å². The molecule has 0 N–H and O–H groups in total. The average molecular weight is 366 g/mol. The van der Waals surface area contributed by atoms with Gasteiger partial charge in [0.25, 0.3) is 0 Å². The van der Waals surface area contributed by atoms with Crippen LogP contribution in [0.4, 0.5) is 0 Å². The van der Waals surface area contributed by atoms with E-state index >= 15 is 0 Å². The van der Waals surface area contributed by atoms with Crippen molar-refractivity contribution in [1.29, 1.82) is 0 Å². The van der Waals surface area contributed by atoms with Crippen molar-refractivity contribution in [3.05, 3.63) is 34.9 Å². The number of hydrogen-bond donors (Lipinski definition) is 0. The third kappa shape index (κ3) is 3.37. The first-order valence-electron chi connectivity index (χ1n) is 7.26. The third-order valence-electron chi connectivity index (χ3n) is 3.84. The molecule has 0 bridgehead atoms. The molecule has 1 aromatic heterocycles. The first kappa shape index (κ1) is 14.8. The predicted octanol–water partition coefficient (Wildman–Crippen LogP) is 3.37. The molecule has 1 aliphatic carbocycles. The maximum absolute atomic E-state index is 5.96. The standard InChI is InChI=1S/C15H20BrN3OSi/c1-21(2,3)15-10-19(18-17-15)12-8-14(9-12)20-13-6-4-11(16)5-7-13/h4-7,10,12,14H,8-9H2,1-3H3. The highest BCUT2D eigenvalue weighted by Gasteiger charge is 2.34. The molecule has 6 heteroatoms. The molecule has 0 radical (unpaired) electrons. The smallest absolute Gasteiger partial charge is 0.119 e. The molecule has 0 saturated heterocycles. The largest absolute Gasteiger partial charge is 0.490 e. The van der Waals surface area contributed by atoms with E-state index in [1.165, 1.54) is 5.32 Å². The maximum atomic E-state index is 5.96. The van der Waals surface area contributed by atoms with E-state index in [1.54, 1.807) is 0 Å². The number of hydrogen-bond acceptors (Lipinski definition) is 3. The summed E-state index contributed by atoms with van der Waals surface area (Å²) in [7, 11) is -1.36. The molecule has 1 fully saturated rings. The van der Waals surface area contributed by atoms with Gasteiger partial charge in [0.15, 0.2) is 0 Å². The third-order valence-corrected chi connectivity index (χ3v) is 6.13. The zero-order valence-electron chi connectivity index (χ0n) is 12.6. The number of benzene rings is 1. The Labute approximate surface area is 134 Å². The summed E-state index contributed by atoms with van der Waals surface area (Å²) >= 11 is 3.43. The highest BCUT2D eigenvalue weighted by atomic mass is 79.9. The first-order chi connectivity index (χ1) is 9.91. The molecular formula is C15H20BrN3OSi. The van der Waals surface area contributed by atoms with Gasteiger partial charge >= 0.3 is 0 Å². The molecule has 3 rings (SSSR count). The molecule has 0 amide bonds. The van der Waals surface area contributed by atoms with E-state index in [2.05, 4.69) is 52.1 Å². The lowest BCUT2D eigenvalue weighted by Crippen LogP contribution is -2.39. The Morgan fingerprint density at radius 1 is 1.19 bits per heavy atom. The Hall–Kier alpha value is -1.14. The summed E-state index contributed by atoms with van der Waals surface area (Å²) in [4.78, 5) is 0. The second-order valence-electron chi connectivity index (χ2n) is 6.65. The van der Waals surface area contributed by atoms with E-state index in [1.807, 2.05) is 28.9 Å². The first-order valence-corrected chi connectivity index (χ1v) is 11.6. The van der Waals surface area contributed by atoms with Gasteiger partial charge in [-0.15, -0.1) is 5.10 Å². The van der Waals surface area contributed by atoms with Crippen LogP contribution in [-0.2, 0) is 0 Å². The summed E-state index contributed by atoms with van der Waals surface area (Å²) in [5.74, 6) is 0.933. The fraction of sp³-hybridized carbons (Fsp3) is 0.467. The SMILES string of the molecule is C[Si](C)(C)c1cn(C2CC(Oc3ccc(Br)cc3)C2)nn1. The minimum absolute atomic E-state index is 0.288. The zero-order valence-corrected chi connectivity index (χ0v) is 15.2. The normalized spacial score (nSPS) is 21.9. The molecule has 21 heavy (non-hydrogen) atoms. The summed E-state index contributed by atoms with van der Waals surface area (Å²) in [5, 5.41) is 9.82. The maximum Gasteiger partial charge on any atom is 0.119 e. The van der Waals surface area contributed by atoms with Crippen LogP contribution in [0.5, 0.6) is 5.75 Å². The van der Waals surface area contributed by atoms with E-state index in [0.29, 0.717) is 6.04 Å². The molecule has 0 unspecified atom stereocenters. The molecule has 1 saturated carbocycles. The predicted molar refractivity (Wildman–Crippen MR) is 89.8 cm³/mol. The van der Waals surface area contributed by atoms with Crippen LogP contribution in [0.3, 0.4) is 0 Å². The average Bonchev–Trinajstić information content (AvgIpc) is 2.84. The van der Waals surface area contributed by atoms with Gasteiger partial charge in [-0.3, -0.25) is 0 Å². The molecule has 1 aliphatic rings. The van der Waals surface area contributed by atoms with E-state index in [0.717, 1.165) is 23.1 Å². The summed E-state index contributed by atoms with van der Waals surface area (Å²) < 4.78 is 9.05. The lowest BCUT2D eigenvalue weighted by Gasteiger charge is -2.35. The van der Waals surface area contributed by atoms with Crippen LogP contribution in [-0.4, -0.2) is 29.2 Å². The molecule has 112 valence electrons. The van der Waals surface area contributed by atoms with Gasteiger partial charge in [0.05, 0.1) is 11.4 Å². The molecule has 2 aromatic rings. The van der Waals surface area contributed by atoms with Gasteiger partial charge in [-0.25, -0.2) is 4.68 Å². The zero-order chi connectivity index (χ0) is 15.0. The van der Waals surface area contributed by atoms with Gasteiger partial charge in [0.2, 0.25) is 0 Å². The lowest BCUT2D eigenvalue weighted by molar-refractivity contribution is 0.0638. The number of ether oxygens (including phenoxy) is 1. The van der Waals surface area contributed by atoms with E-state index in [4.69, 9.17) is 4.74 Å². The molecule has 4 nitrogen and oxygen atoms in total. The van der Waals surface area contributed by atoms with Crippen LogP contribution in [0.1, 0.15) is 18.9 Å². The Bertz CT molecular complexity index is 615. The molecule has 1 heterocycles. The quantitative estimate of drug-likeness (QED) is 0.779. The molecule has 1 aromatic carbocycles. The topological polar surface area (TPSA) is 39.9 Å². The van der Waals surface area contributed by atoms with Gasteiger partial charge < -0.3 is 4.74 Å². The highest BCUT2D eigenvalue weighted by molar-refractivity contribution is 9.10. The highest BCUT2D eigenvalue weighted by Crippen LogP contribution is 2.34. The van der Waals surface area contributed by atoms with Crippen molar-refractivity contribution in [2.75, 3.05) is 0 Å². The van der Waals surface area contributed by atoms with Crippen LogP contribution < -0.4 is 10.1 Å². The molecule has 0 spiro atoms. The Balaban J connectivity index is 1.56. The van der Waals surface area contributed by atoms with Crippen LogP contribution in [0.2, 0.25) is 19.6 Å². The van der Waals surface area contributed by atoms with Crippen molar-refractivity contribution in [2.45, 2.75) is 44.6 Å². The number of aromatic nitrogens is 3. The van der Waals surface area contributed by atoms with E-state index in [-0.39, 0.29) is 6.10 Å². The van der Waals surface area contributed by atoms with Gasteiger partial charge in [-0.2, -0.15) is 0 Å². The van der Waals surface area contributed by atoms with Gasteiger partial charge in [-0.05, 0) is 24.3 Å². The fourth-order valence-electron chi connectivity index (χ4n) is 2.35. The second-order valence-corrected chi connectivity index (χ2v) is 12.6. The van der Waals surface area contributed by atoms with Gasteiger partial charge in [0, 0.05) is 23.5 Å². The lowest BCUT2D eigenvalue weighted by atomic mass is 9.89. The summed E-state index contributed by atoms with van der Waals surface area (Å²) in [5.41, 5.74) is 0. The number of halogens is 1. The Morgan fingerprint density at radius 2 is 1.86 bits per heavy atom. The summed E-state index contributed by atoms with van der Waals surface area (Å²) in [6, 6.07) is 8.43. The van der Waals surface area contributed by atoms with Crippen LogP contribution >= 0.6 is 15.9 Å². The molecule has 0 atom stereocenters. The van der Waals surface area contributed by atoms with Crippen LogP contribution in [0, 0.1) is 0 Å². The minimum atomic E-state index is -1.36. The van der Waals surface area contributed by atoms with Crippen LogP contribution in [0.15, 0.2) is 34.9 Å². The number of nitrogens with zero attached hydrogens (tertiary/aromatic N) is 3. The van der Waals surface area contributed by atoms with Crippen molar-refractivity contribution < 1.29 is 4.74 Å². The van der Waals surface area contributed by atoms with Crippen molar-refractivity contribution in [3.63, 3.8) is 0 Å². The summed E-state index contributed by atoms with van der Waals surface area (Å²) in [6.45, 7) is 6.88. The monoisotopic (exact) mass is 365 g/mol. The molecule has 0 aliphatic heterocycles. The van der Waals surface area contributed by atoms with Crippen molar-refractivity contribution in [1.82, 2.24) is 15.0 Å².